The van der Waals surface area contributed by atoms with Crippen LogP contribution in [0.2, 0.25) is 0 Å². The van der Waals surface area contributed by atoms with Gasteiger partial charge < -0.3 is 5.73 Å². The Labute approximate surface area is 109 Å². The monoisotopic (exact) mass is 304 g/mol. The van der Waals surface area contributed by atoms with E-state index in [1.54, 1.807) is 0 Å². The lowest BCUT2D eigenvalue weighted by molar-refractivity contribution is -0.137. The Hall–Kier alpha value is -0.990. The summed E-state index contributed by atoms with van der Waals surface area (Å²) in [5.74, 6) is -0.284. The van der Waals surface area contributed by atoms with Gasteiger partial charge in [0.1, 0.15) is 0 Å². The molecular formula is C9H12ClF3N2O2S. The van der Waals surface area contributed by atoms with E-state index in [0.29, 0.717) is 0 Å². The lowest BCUT2D eigenvalue weighted by Gasteiger charge is -2.09. The van der Waals surface area contributed by atoms with Crippen LogP contribution in [0.25, 0.3) is 0 Å². The fourth-order valence-corrected chi connectivity index (χ4v) is 2.02. The summed E-state index contributed by atoms with van der Waals surface area (Å²) < 4.78 is 61.3. The van der Waals surface area contributed by atoms with Gasteiger partial charge in [-0.2, -0.15) is 13.2 Å². The first kappa shape index (κ1) is 17.0. The van der Waals surface area contributed by atoms with Crippen LogP contribution in [0.3, 0.4) is 0 Å². The average Bonchev–Trinajstić information content (AvgIpc) is 2.16. The molecule has 0 bridgehead atoms. The normalized spacial score (nSPS) is 11.8. The lowest BCUT2D eigenvalue weighted by Crippen LogP contribution is -2.22. The maximum atomic E-state index is 12.2. The second-order valence-corrected chi connectivity index (χ2v) is 5.13. The lowest BCUT2D eigenvalue weighted by atomic mass is 10.2. The van der Waals surface area contributed by atoms with Gasteiger partial charge in [0.15, 0.2) is 0 Å². The molecule has 1 aromatic carbocycles. The predicted molar refractivity (Wildman–Crippen MR) is 65.2 cm³/mol. The highest BCUT2D eigenvalue weighted by Gasteiger charge is 2.30. The molecule has 0 aliphatic heterocycles. The summed E-state index contributed by atoms with van der Waals surface area (Å²) in [7, 11) is -3.59. The molecule has 0 aromatic heterocycles. The molecule has 1 aromatic rings. The highest BCUT2D eigenvalue weighted by atomic mass is 35.5. The Kier molecular flexibility index (Phi) is 5.91. The van der Waals surface area contributed by atoms with Gasteiger partial charge in [0.05, 0.1) is 11.3 Å². The first-order chi connectivity index (χ1) is 7.74. The third kappa shape index (κ3) is 5.11. The Morgan fingerprint density at radius 1 is 1.17 bits per heavy atom. The van der Waals surface area contributed by atoms with Gasteiger partial charge in [0.2, 0.25) is 10.0 Å². The van der Waals surface area contributed by atoms with Crippen molar-refractivity contribution in [1.82, 2.24) is 0 Å². The molecule has 0 heterocycles. The molecule has 0 aliphatic carbocycles. The van der Waals surface area contributed by atoms with Crippen LogP contribution in [-0.2, 0) is 16.2 Å². The Bertz CT molecular complexity index is 474. The SMILES string of the molecule is Cl.NCCS(=O)(=O)Nc1ccc(C(F)(F)F)cc1. The minimum absolute atomic E-state index is 0. The van der Waals surface area contributed by atoms with E-state index in [-0.39, 0.29) is 30.4 Å². The van der Waals surface area contributed by atoms with Crippen LogP contribution in [0.1, 0.15) is 5.56 Å². The van der Waals surface area contributed by atoms with Gasteiger partial charge in [-0.25, -0.2) is 8.42 Å². The highest BCUT2D eigenvalue weighted by molar-refractivity contribution is 7.92. The number of benzene rings is 1. The summed E-state index contributed by atoms with van der Waals surface area (Å²) in [6, 6.07) is 3.72. The summed E-state index contributed by atoms with van der Waals surface area (Å²) in [6.07, 6.45) is -4.44. The molecule has 0 saturated heterocycles. The number of hydrogen-bond donors (Lipinski definition) is 2. The fraction of sp³-hybridized carbons (Fsp3) is 0.333. The van der Waals surface area contributed by atoms with Gasteiger partial charge in [-0.1, -0.05) is 0 Å². The van der Waals surface area contributed by atoms with Crippen molar-refractivity contribution in [3.63, 3.8) is 0 Å². The molecule has 104 valence electrons. The van der Waals surface area contributed by atoms with Crippen LogP contribution in [0.5, 0.6) is 0 Å². The largest absolute Gasteiger partial charge is 0.416 e. The third-order valence-corrected chi connectivity index (χ3v) is 3.19. The van der Waals surface area contributed by atoms with Crippen molar-refractivity contribution in [3.8, 4) is 0 Å². The van der Waals surface area contributed by atoms with Gasteiger partial charge in [-0.15, -0.1) is 12.4 Å². The molecular weight excluding hydrogens is 293 g/mol. The number of halogens is 4. The van der Waals surface area contributed by atoms with E-state index >= 15 is 0 Å². The minimum Gasteiger partial charge on any atom is -0.329 e. The van der Waals surface area contributed by atoms with Crippen molar-refractivity contribution < 1.29 is 21.6 Å². The Morgan fingerprint density at radius 3 is 2.06 bits per heavy atom. The fourth-order valence-electron chi connectivity index (χ4n) is 1.11. The van der Waals surface area contributed by atoms with Crippen LogP contribution in [0, 0.1) is 0 Å². The maximum Gasteiger partial charge on any atom is 0.416 e. The zero-order chi connectivity index (χ0) is 13.1. The van der Waals surface area contributed by atoms with Crippen LogP contribution < -0.4 is 10.5 Å². The number of rotatable bonds is 4. The highest BCUT2D eigenvalue weighted by Crippen LogP contribution is 2.29. The van der Waals surface area contributed by atoms with Gasteiger partial charge in [-0.3, -0.25) is 4.72 Å². The van der Waals surface area contributed by atoms with Crippen LogP contribution in [-0.4, -0.2) is 20.7 Å². The molecule has 0 unspecified atom stereocenters. The van der Waals surface area contributed by atoms with E-state index in [1.165, 1.54) is 0 Å². The van der Waals surface area contributed by atoms with Gasteiger partial charge >= 0.3 is 6.18 Å². The van der Waals surface area contributed by atoms with Gasteiger partial charge in [-0.05, 0) is 24.3 Å². The van der Waals surface area contributed by atoms with E-state index in [9.17, 15) is 21.6 Å². The van der Waals surface area contributed by atoms with Crippen molar-refractivity contribution in [2.24, 2.45) is 5.73 Å². The molecule has 0 atom stereocenters. The molecule has 0 spiro atoms. The number of hydrogen-bond acceptors (Lipinski definition) is 3. The Balaban J connectivity index is 0.00000289. The third-order valence-electron chi connectivity index (χ3n) is 1.87. The summed E-state index contributed by atoms with van der Waals surface area (Å²) >= 11 is 0. The van der Waals surface area contributed by atoms with Crippen LogP contribution >= 0.6 is 12.4 Å². The smallest absolute Gasteiger partial charge is 0.329 e. The number of nitrogens with two attached hydrogens (primary N) is 1. The van der Waals surface area contributed by atoms with Crippen molar-refractivity contribution in [3.05, 3.63) is 29.8 Å². The second kappa shape index (κ2) is 6.26. The molecule has 18 heavy (non-hydrogen) atoms. The second-order valence-electron chi connectivity index (χ2n) is 3.28. The Morgan fingerprint density at radius 2 is 1.67 bits per heavy atom. The van der Waals surface area contributed by atoms with Crippen LogP contribution in [0.4, 0.5) is 18.9 Å². The summed E-state index contributed by atoms with van der Waals surface area (Å²) in [4.78, 5) is 0. The van der Waals surface area contributed by atoms with Crippen molar-refractivity contribution in [1.29, 1.82) is 0 Å². The van der Waals surface area contributed by atoms with Gasteiger partial charge in [0.25, 0.3) is 0 Å². The maximum absolute atomic E-state index is 12.2. The number of sulfonamides is 1. The zero-order valence-corrected chi connectivity index (χ0v) is 10.7. The van der Waals surface area contributed by atoms with E-state index in [4.69, 9.17) is 5.73 Å². The minimum atomic E-state index is -4.44. The molecule has 0 aliphatic rings. The summed E-state index contributed by atoms with van der Waals surface area (Å²) in [5, 5.41) is 0. The van der Waals surface area contributed by atoms with Crippen LogP contribution in [0.15, 0.2) is 24.3 Å². The molecule has 0 amide bonds. The van der Waals surface area contributed by atoms with Crippen molar-refractivity contribution in [2.75, 3.05) is 17.0 Å². The first-order valence-corrected chi connectivity index (χ1v) is 6.27. The van der Waals surface area contributed by atoms with E-state index < -0.39 is 21.8 Å². The first-order valence-electron chi connectivity index (χ1n) is 4.62. The average molecular weight is 305 g/mol. The van der Waals surface area contributed by atoms with Gasteiger partial charge in [0, 0.05) is 12.2 Å². The molecule has 0 radical (unpaired) electrons. The molecule has 0 fully saturated rings. The number of nitrogens with one attached hydrogen (secondary N) is 1. The molecule has 9 heteroatoms. The van der Waals surface area contributed by atoms with Crippen molar-refractivity contribution in [2.45, 2.75) is 6.18 Å². The summed E-state index contributed by atoms with van der Waals surface area (Å²) in [6.45, 7) is -0.0596. The van der Waals surface area contributed by atoms with E-state index in [1.807, 2.05) is 0 Å². The molecule has 3 N–H and O–H groups in total. The van der Waals surface area contributed by atoms with E-state index in [0.717, 1.165) is 24.3 Å². The topological polar surface area (TPSA) is 72.2 Å². The molecule has 4 nitrogen and oxygen atoms in total. The summed E-state index contributed by atoms with van der Waals surface area (Å²) in [5.41, 5.74) is 4.32. The standard InChI is InChI=1S/C9H11F3N2O2S.ClH/c10-9(11,12)7-1-3-8(4-2-7)14-17(15,16)6-5-13;/h1-4,14H,5-6,13H2;1H. The number of anilines is 1. The molecule has 1 rings (SSSR count). The van der Waals surface area contributed by atoms with Crippen molar-refractivity contribution >= 4 is 28.1 Å². The quantitative estimate of drug-likeness (QED) is 0.891. The zero-order valence-electron chi connectivity index (χ0n) is 9.07. The predicted octanol–water partition coefficient (Wildman–Crippen LogP) is 1.83. The van der Waals surface area contributed by atoms with E-state index in [2.05, 4.69) is 4.72 Å². The molecule has 0 saturated carbocycles. The number of alkyl halides is 3.